The number of nitrogens with zero attached hydrogens (tertiary/aromatic N) is 1. The van der Waals surface area contributed by atoms with E-state index in [-0.39, 0.29) is 4.90 Å². The third-order valence-electron chi connectivity index (χ3n) is 4.30. The van der Waals surface area contributed by atoms with Crippen molar-refractivity contribution in [2.24, 2.45) is 0 Å². The molecule has 0 aromatic heterocycles. The summed E-state index contributed by atoms with van der Waals surface area (Å²) < 4.78 is 27.8. The fraction of sp³-hybridized carbons (Fsp3) is 0.130. The highest BCUT2D eigenvalue weighted by Gasteiger charge is 2.22. The largest absolute Gasteiger partial charge is 0.268 e. The summed E-state index contributed by atoms with van der Waals surface area (Å²) in [5.74, 6) is 0. The predicted molar refractivity (Wildman–Crippen MR) is 111 cm³/mol. The minimum Gasteiger partial charge on any atom is -0.242 e. The molecule has 0 amide bonds. The van der Waals surface area contributed by atoms with E-state index < -0.39 is 10.0 Å². The van der Waals surface area contributed by atoms with Crippen molar-refractivity contribution in [3.63, 3.8) is 0 Å². The normalized spacial score (nSPS) is 11.6. The third-order valence-corrected chi connectivity index (χ3v) is 6.02. The molecule has 0 aliphatic heterocycles. The van der Waals surface area contributed by atoms with E-state index in [0.29, 0.717) is 12.1 Å². The summed E-state index contributed by atoms with van der Waals surface area (Å²) in [5.41, 5.74) is 3.85. The first kappa shape index (κ1) is 18.9. The van der Waals surface area contributed by atoms with Gasteiger partial charge in [0, 0.05) is 6.20 Å². The molecule has 0 N–H and O–H groups in total. The molecule has 138 valence electrons. The molecule has 0 saturated heterocycles. The molecular weight excluding hydrogens is 354 g/mol. The van der Waals surface area contributed by atoms with Crippen LogP contribution in [0.5, 0.6) is 0 Å². The number of sulfonamides is 1. The highest BCUT2D eigenvalue weighted by atomic mass is 32.2. The molecule has 0 unspecified atom stereocenters. The fourth-order valence-corrected chi connectivity index (χ4v) is 4.07. The van der Waals surface area contributed by atoms with E-state index >= 15 is 0 Å². The van der Waals surface area contributed by atoms with E-state index in [1.165, 1.54) is 4.31 Å². The summed E-state index contributed by atoms with van der Waals surface area (Å²) in [6, 6.07) is 24.4. The Bertz CT molecular complexity index is 1010. The van der Waals surface area contributed by atoms with Crippen LogP contribution in [-0.2, 0) is 16.4 Å². The number of rotatable bonds is 6. The molecule has 3 aromatic rings. The molecule has 4 heteroatoms. The average molecular weight is 378 g/mol. The zero-order chi connectivity index (χ0) is 19.3. The van der Waals surface area contributed by atoms with Crippen molar-refractivity contribution in [1.29, 1.82) is 0 Å². The van der Waals surface area contributed by atoms with Gasteiger partial charge in [-0.25, -0.2) is 12.7 Å². The van der Waals surface area contributed by atoms with Crippen LogP contribution in [-0.4, -0.2) is 8.42 Å². The van der Waals surface area contributed by atoms with Gasteiger partial charge in [0.05, 0.1) is 10.6 Å². The Hall–Kier alpha value is -2.85. The zero-order valence-corrected chi connectivity index (χ0v) is 16.4. The van der Waals surface area contributed by atoms with Crippen LogP contribution >= 0.6 is 0 Å². The minimum atomic E-state index is -3.69. The number of anilines is 1. The number of allylic oxidation sites excluding steroid dienone is 1. The second kappa shape index (κ2) is 8.23. The molecule has 27 heavy (non-hydrogen) atoms. The lowest BCUT2D eigenvalue weighted by atomic mass is 10.1. The smallest absolute Gasteiger partial charge is 0.242 e. The third kappa shape index (κ3) is 4.66. The quantitative estimate of drug-likeness (QED) is 0.588. The summed E-state index contributed by atoms with van der Waals surface area (Å²) in [7, 11) is -3.69. The van der Waals surface area contributed by atoms with Crippen molar-refractivity contribution in [1.82, 2.24) is 0 Å². The van der Waals surface area contributed by atoms with Gasteiger partial charge in [-0.2, -0.15) is 0 Å². The maximum Gasteiger partial charge on any atom is 0.268 e. The SMILES string of the molecule is Cc1ccc(N(C=CCc2ccccc2)S(=O)(=O)c2ccc(C)cc2)cc1. The maximum atomic E-state index is 13.2. The maximum absolute atomic E-state index is 13.2. The van der Waals surface area contributed by atoms with Gasteiger partial charge >= 0.3 is 0 Å². The van der Waals surface area contributed by atoms with Crippen LogP contribution in [0, 0.1) is 13.8 Å². The topological polar surface area (TPSA) is 37.4 Å². The predicted octanol–water partition coefficient (Wildman–Crippen LogP) is 5.26. The number of hydrogen-bond acceptors (Lipinski definition) is 2. The van der Waals surface area contributed by atoms with Crippen LogP contribution < -0.4 is 4.31 Å². The average Bonchev–Trinajstić information content (AvgIpc) is 2.67. The number of aryl methyl sites for hydroxylation is 2. The van der Waals surface area contributed by atoms with Crippen LogP contribution in [0.3, 0.4) is 0 Å². The lowest BCUT2D eigenvalue weighted by Gasteiger charge is -2.21. The number of benzene rings is 3. The standard InChI is InChI=1S/C23H23NO2S/c1-19-10-14-22(15-11-19)24(18-6-9-21-7-4-3-5-8-21)27(25,26)23-16-12-20(2)13-17-23/h3-8,10-18H,9H2,1-2H3. The first-order valence-electron chi connectivity index (χ1n) is 8.85. The lowest BCUT2D eigenvalue weighted by molar-refractivity contribution is 0.596. The van der Waals surface area contributed by atoms with Crippen molar-refractivity contribution in [3.05, 3.63) is 108 Å². The molecule has 3 aromatic carbocycles. The van der Waals surface area contributed by atoms with Gasteiger partial charge in [-0.15, -0.1) is 0 Å². The zero-order valence-electron chi connectivity index (χ0n) is 15.5. The molecule has 0 aliphatic carbocycles. The molecule has 3 nitrogen and oxygen atoms in total. The fourth-order valence-electron chi connectivity index (χ4n) is 2.72. The molecule has 0 fully saturated rings. The van der Waals surface area contributed by atoms with Crippen molar-refractivity contribution in [2.45, 2.75) is 25.2 Å². The summed E-state index contributed by atoms with van der Waals surface area (Å²) in [6.45, 7) is 3.92. The van der Waals surface area contributed by atoms with Crippen LogP contribution in [0.25, 0.3) is 0 Å². The van der Waals surface area contributed by atoms with E-state index in [0.717, 1.165) is 16.7 Å². The minimum absolute atomic E-state index is 0.276. The number of hydrogen-bond donors (Lipinski definition) is 0. The van der Waals surface area contributed by atoms with Gasteiger partial charge in [0.2, 0.25) is 0 Å². The van der Waals surface area contributed by atoms with Crippen molar-refractivity contribution >= 4 is 15.7 Å². The highest BCUT2D eigenvalue weighted by molar-refractivity contribution is 7.93. The Morgan fingerprint density at radius 3 is 1.93 bits per heavy atom. The molecule has 0 saturated carbocycles. The first-order chi connectivity index (χ1) is 13.0. The van der Waals surface area contributed by atoms with E-state index in [1.54, 1.807) is 18.3 Å². The van der Waals surface area contributed by atoms with Gasteiger partial charge in [-0.3, -0.25) is 0 Å². The molecule has 0 heterocycles. The van der Waals surface area contributed by atoms with Crippen LogP contribution in [0.1, 0.15) is 16.7 Å². The van der Waals surface area contributed by atoms with Gasteiger partial charge < -0.3 is 0 Å². The summed E-state index contributed by atoms with van der Waals surface area (Å²) in [5, 5.41) is 0. The van der Waals surface area contributed by atoms with Crippen molar-refractivity contribution in [3.8, 4) is 0 Å². The summed E-state index contributed by atoms with van der Waals surface area (Å²) in [6.07, 6.45) is 4.18. The Labute approximate surface area is 161 Å². The molecule has 0 radical (unpaired) electrons. The Balaban J connectivity index is 1.96. The van der Waals surface area contributed by atoms with Gasteiger partial charge in [0.25, 0.3) is 10.0 Å². The monoisotopic (exact) mass is 377 g/mol. The second-order valence-electron chi connectivity index (χ2n) is 6.52. The second-order valence-corrected chi connectivity index (χ2v) is 8.34. The Morgan fingerprint density at radius 2 is 1.33 bits per heavy atom. The molecule has 0 bridgehead atoms. The van der Waals surface area contributed by atoms with Crippen LogP contribution in [0.15, 0.2) is 96.0 Å². The van der Waals surface area contributed by atoms with Gasteiger partial charge in [0.1, 0.15) is 0 Å². The molecule has 0 aliphatic rings. The van der Waals surface area contributed by atoms with Crippen LogP contribution in [0.4, 0.5) is 5.69 Å². The molecular formula is C23H23NO2S. The first-order valence-corrected chi connectivity index (χ1v) is 10.3. The molecule has 0 spiro atoms. The lowest BCUT2D eigenvalue weighted by Crippen LogP contribution is -2.25. The molecule has 3 rings (SSSR count). The highest BCUT2D eigenvalue weighted by Crippen LogP contribution is 2.25. The van der Waals surface area contributed by atoms with Gasteiger partial charge in [-0.05, 0) is 50.1 Å². The van der Waals surface area contributed by atoms with Crippen molar-refractivity contribution in [2.75, 3.05) is 4.31 Å². The van der Waals surface area contributed by atoms with Gasteiger partial charge in [-0.1, -0.05) is 71.8 Å². The summed E-state index contributed by atoms with van der Waals surface area (Å²) in [4.78, 5) is 0.276. The van der Waals surface area contributed by atoms with E-state index in [4.69, 9.17) is 0 Å². The van der Waals surface area contributed by atoms with E-state index in [1.807, 2.05) is 86.7 Å². The molecule has 0 atom stereocenters. The van der Waals surface area contributed by atoms with Crippen LogP contribution in [0.2, 0.25) is 0 Å². The Kier molecular flexibility index (Phi) is 5.77. The van der Waals surface area contributed by atoms with E-state index in [2.05, 4.69) is 0 Å². The summed E-state index contributed by atoms with van der Waals surface area (Å²) >= 11 is 0. The van der Waals surface area contributed by atoms with Crippen molar-refractivity contribution < 1.29 is 8.42 Å². The van der Waals surface area contributed by atoms with E-state index in [9.17, 15) is 8.42 Å². The van der Waals surface area contributed by atoms with Gasteiger partial charge in [0.15, 0.2) is 0 Å². The Morgan fingerprint density at radius 1 is 0.778 bits per heavy atom.